The van der Waals surface area contributed by atoms with Crippen molar-refractivity contribution in [1.82, 2.24) is 15.2 Å². The van der Waals surface area contributed by atoms with Gasteiger partial charge in [-0.3, -0.25) is 4.98 Å². The Bertz CT molecular complexity index is 500. The Morgan fingerprint density at radius 1 is 1.40 bits per heavy atom. The predicted octanol–water partition coefficient (Wildman–Crippen LogP) is 1.78. The number of rotatable bonds is 5. The van der Waals surface area contributed by atoms with Crippen LogP contribution in [-0.4, -0.2) is 39.1 Å². The molecule has 1 aromatic heterocycles. The van der Waals surface area contributed by atoms with Gasteiger partial charge in [-0.15, -0.1) is 0 Å². The SMILES string of the molecule is CCN(C(=O)NCc1cccc(C)n1)C(C)(C)C(=O)O. The molecule has 6 heteroatoms. The maximum Gasteiger partial charge on any atom is 0.329 e. The Hall–Kier alpha value is -2.11. The molecule has 0 fully saturated rings. The molecule has 20 heavy (non-hydrogen) atoms. The molecule has 0 aliphatic heterocycles. The minimum absolute atomic E-state index is 0.271. The third kappa shape index (κ3) is 3.69. The first-order chi connectivity index (χ1) is 9.28. The van der Waals surface area contributed by atoms with Gasteiger partial charge in [0.05, 0.1) is 12.2 Å². The number of aryl methyl sites for hydroxylation is 1. The van der Waals surface area contributed by atoms with E-state index >= 15 is 0 Å². The molecule has 2 amide bonds. The van der Waals surface area contributed by atoms with Crippen LogP contribution in [0, 0.1) is 6.92 Å². The molecule has 6 nitrogen and oxygen atoms in total. The number of nitrogens with zero attached hydrogens (tertiary/aromatic N) is 2. The maximum atomic E-state index is 12.1. The van der Waals surface area contributed by atoms with Gasteiger partial charge in [-0.1, -0.05) is 6.07 Å². The van der Waals surface area contributed by atoms with Crippen molar-refractivity contribution in [2.24, 2.45) is 0 Å². The molecule has 0 unspecified atom stereocenters. The molecule has 1 rings (SSSR count). The van der Waals surface area contributed by atoms with Gasteiger partial charge >= 0.3 is 12.0 Å². The van der Waals surface area contributed by atoms with Crippen molar-refractivity contribution in [3.05, 3.63) is 29.6 Å². The Balaban J connectivity index is 2.72. The highest BCUT2D eigenvalue weighted by Crippen LogP contribution is 2.14. The van der Waals surface area contributed by atoms with Crippen LogP contribution >= 0.6 is 0 Å². The van der Waals surface area contributed by atoms with E-state index < -0.39 is 17.5 Å². The Morgan fingerprint density at radius 3 is 2.55 bits per heavy atom. The number of pyridine rings is 1. The molecule has 0 saturated heterocycles. The lowest BCUT2D eigenvalue weighted by Crippen LogP contribution is -2.55. The molecular weight excluding hydrogens is 258 g/mol. The molecule has 0 bridgehead atoms. The molecule has 0 aliphatic rings. The minimum Gasteiger partial charge on any atom is -0.480 e. The molecule has 1 aromatic rings. The molecule has 0 atom stereocenters. The third-order valence-corrected chi connectivity index (χ3v) is 3.13. The van der Waals surface area contributed by atoms with Crippen molar-refractivity contribution < 1.29 is 14.7 Å². The van der Waals surface area contributed by atoms with Gasteiger partial charge in [0.25, 0.3) is 0 Å². The zero-order valence-electron chi connectivity index (χ0n) is 12.3. The summed E-state index contributed by atoms with van der Waals surface area (Å²) in [7, 11) is 0. The number of hydrogen-bond acceptors (Lipinski definition) is 3. The van der Waals surface area contributed by atoms with E-state index in [-0.39, 0.29) is 6.54 Å². The molecule has 0 radical (unpaired) electrons. The summed E-state index contributed by atoms with van der Waals surface area (Å²) in [4.78, 5) is 28.9. The van der Waals surface area contributed by atoms with Crippen LogP contribution in [0.3, 0.4) is 0 Å². The summed E-state index contributed by atoms with van der Waals surface area (Å²) in [5, 5.41) is 11.9. The summed E-state index contributed by atoms with van der Waals surface area (Å²) in [6, 6.07) is 5.13. The first kappa shape index (κ1) is 15.9. The number of amides is 2. The number of carboxylic acids is 1. The van der Waals surface area contributed by atoms with E-state index in [2.05, 4.69) is 10.3 Å². The minimum atomic E-state index is -1.25. The fraction of sp³-hybridized carbons (Fsp3) is 0.500. The molecule has 0 aromatic carbocycles. The van der Waals surface area contributed by atoms with Crippen molar-refractivity contribution in [2.45, 2.75) is 39.8 Å². The Labute approximate surface area is 118 Å². The number of carbonyl (C=O) groups is 2. The highest BCUT2D eigenvalue weighted by atomic mass is 16.4. The largest absolute Gasteiger partial charge is 0.480 e. The summed E-state index contributed by atoms with van der Waals surface area (Å²) < 4.78 is 0. The molecule has 2 N–H and O–H groups in total. The second-order valence-electron chi connectivity index (χ2n) is 5.04. The van der Waals surface area contributed by atoms with Gasteiger partial charge in [-0.25, -0.2) is 9.59 Å². The van der Waals surface area contributed by atoms with Crippen molar-refractivity contribution in [3.8, 4) is 0 Å². The lowest BCUT2D eigenvalue weighted by atomic mass is 10.0. The fourth-order valence-corrected chi connectivity index (χ4v) is 1.87. The number of carbonyl (C=O) groups excluding carboxylic acids is 1. The van der Waals surface area contributed by atoms with Gasteiger partial charge in [-0.05, 0) is 39.8 Å². The molecule has 0 spiro atoms. The van der Waals surface area contributed by atoms with E-state index in [9.17, 15) is 14.7 Å². The summed E-state index contributed by atoms with van der Waals surface area (Å²) in [6.45, 7) is 7.21. The number of aliphatic carboxylic acids is 1. The van der Waals surface area contributed by atoms with E-state index in [4.69, 9.17) is 0 Å². The maximum absolute atomic E-state index is 12.1. The van der Waals surface area contributed by atoms with Crippen LogP contribution in [0.2, 0.25) is 0 Å². The van der Waals surface area contributed by atoms with Crippen LogP contribution < -0.4 is 5.32 Å². The van der Waals surface area contributed by atoms with Gasteiger partial charge in [0.15, 0.2) is 0 Å². The lowest BCUT2D eigenvalue weighted by Gasteiger charge is -2.34. The van der Waals surface area contributed by atoms with E-state index in [1.165, 1.54) is 18.7 Å². The summed E-state index contributed by atoms with van der Waals surface area (Å²) in [5.74, 6) is -1.04. The van der Waals surface area contributed by atoms with Crippen molar-refractivity contribution in [2.75, 3.05) is 6.54 Å². The monoisotopic (exact) mass is 279 g/mol. The second-order valence-corrected chi connectivity index (χ2v) is 5.04. The lowest BCUT2D eigenvalue weighted by molar-refractivity contribution is -0.147. The normalized spacial score (nSPS) is 11.0. The molecular formula is C14H21N3O3. The van der Waals surface area contributed by atoms with Crippen LogP contribution in [-0.2, 0) is 11.3 Å². The number of hydrogen-bond donors (Lipinski definition) is 2. The zero-order valence-corrected chi connectivity index (χ0v) is 12.3. The average Bonchev–Trinajstić information content (AvgIpc) is 2.36. The van der Waals surface area contributed by atoms with Crippen molar-refractivity contribution in [1.29, 1.82) is 0 Å². The predicted molar refractivity (Wildman–Crippen MR) is 75.3 cm³/mol. The quantitative estimate of drug-likeness (QED) is 0.860. The highest BCUT2D eigenvalue weighted by molar-refractivity contribution is 5.85. The van der Waals surface area contributed by atoms with E-state index in [1.807, 2.05) is 25.1 Å². The molecule has 0 aliphatic carbocycles. The first-order valence-corrected chi connectivity index (χ1v) is 6.50. The smallest absolute Gasteiger partial charge is 0.329 e. The standard InChI is InChI=1S/C14H21N3O3/c1-5-17(14(3,4)12(18)19)13(20)15-9-11-8-6-7-10(2)16-11/h6-8H,5,9H2,1-4H3,(H,15,20)(H,18,19). The van der Waals surface area contributed by atoms with Gasteiger partial charge in [0.1, 0.15) is 5.54 Å². The fourth-order valence-electron chi connectivity index (χ4n) is 1.87. The van der Waals surface area contributed by atoms with Crippen LogP contribution in [0.25, 0.3) is 0 Å². The van der Waals surface area contributed by atoms with Gasteiger partial charge in [0, 0.05) is 12.2 Å². The van der Waals surface area contributed by atoms with Crippen LogP contribution in [0.4, 0.5) is 4.79 Å². The molecule has 0 saturated carbocycles. The van der Waals surface area contributed by atoms with Crippen molar-refractivity contribution >= 4 is 12.0 Å². The Morgan fingerprint density at radius 2 is 2.05 bits per heavy atom. The summed E-state index contributed by atoms with van der Waals surface area (Å²) in [5.41, 5.74) is 0.358. The number of aromatic nitrogens is 1. The van der Waals surface area contributed by atoms with Crippen LogP contribution in [0.15, 0.2) is 18.2 Å². The molecule has 1 heterocycles. The third-order valence-electron chi connectivity index (χ3n) is 3.13. The molecule has 110 valence electrons. The first-order valence-electron chi connectivity index (χ1n) is 6.50. The highest BCUT2D eigenvalue weighted by Gasteiger charge is 2.36. The average molecular weight is 279 g/mol. The number of nitrogens with one attached hydrogen (secondary N) is 1. The van der Waals surface area contributed by atoms with Crippen LogP contribution in [0.5, 0.6) is 0 Å². The second kappa shape index (κ2) is 6.36. The van der Waals surface area contributed by atoms with Gasteiger partial charge in [0.2, 0.25) is 0 Å². The van der Waals surface area contributed by atoms with E-state index in [0.717, 1.165) is 11.4 Å². The summed E-state index contributed by atoms with van der Waals surface area (Å²) >= 11 is 0. The topological polar surface area (TPSA) is 82.5 Å². The number of urea groups is 1. The van der Waals surface area contributed by atoms with E-state index in [0.29, 0.717) is 6.54 Å². The van der Waals surface area contributed by atoms with Gasteiger partial charge < -0.3 is 15.3 Å². The van der Waals surface area contributed by atoms with E-state index in [1.54, 1.807) is 6.92 Å². The Kier molecular flexibility index (Phi) is 5.07. The van der Waals surface area contributed by atoms with Gasteiger partial charge in [-0.2, -0.15) is 0 Å². The van der Waals surface area contributed by atoms with Crippen molar-refractivity contribution in [3.63, 3.8) is 0 Å². The number of carboxylic acid groups (broad SMARTS) is 1. The number of likely N-dealkylation sites (N-methyl/N-ethyl adjacent to an activating group) is 1. The zero-order chi connectivity index (χ0) is 15.3. The van der Waals surface area contributed by atoms with Crippen LogP contribution in [0.1, 0.15) is 32.2 Å². The summed E-state index contributed by atoms with van der Waals surface area (Å²) in [6.07, 6.45) is 0.